The van der Waals surface area contributed by atoms with Crippen LogP contribution in [0, 0.1) is 13.5 Å². The van der Waals surface area contributed by atoms with Crippen LogP contribution in [-0.2, 0) is 17.0 Å². The van der Waals surface area contributed by atoms with Crippen LogP contribution in [0.2, 0.25) is 0 Å². The van der Waals surface area contributed by atoms with Gasteiger partial charge in [-0.25, -0.2) is 4.85 Å². The number of alkyl halides is 3. The van der Waals surface area contributed by atoms with Gasteiger partial charge < -0.3 is 9.13 Å². The number of hydrogen-bond donors (Lipinski definition) is 0. The van der Waals surface area contributed by atoms with Gasteiger partial charge in [0.1, 0.15) is 0 Å². The Balaban J connectivity index is 1.45. The van der Waals surface area contributed by atoms with Crippen molar-refractivity contribution in [2.45, 2.75) is 65.5 Å². The van der Waals surface area contributed by atoms with Gasteiger partial charge in [0.25, 0.3) is 0 Å². The summed E-state index contributed by atoms with van der Waals surface area (Å²) in [5.74, 6) is 0. The van der Waals surface area contributed by atoms with Crippen LogP contribution in [0.25, 0.3) is 82.1 Å². The summed E-state index contributed by atoms with van der Waals surface area (Å²) in [5.41, 5.74) is 11.0. The summed E-state index contributed by atoms with van der Waals surface area (Å²) in [6.45, 7) is 23.7. The molecule has 0 fully saturated rings. The molecule has 9 rings (SSSR count). The number of aryl methyl sites for hydroxylation is 1. The number of nitrogens with zero attached hydrogens (tertiary/aromatic N) is 3. The number of hydrogen-bond acceptors (Lipinski definition) is 0. The summed E-state index contributed by atoms with van der Waals surface area (Å²) in [6, 6.07) is 45.8. The van der Waals surface area contributed by atoms with Crippen molar-refractivity contribution in [1.29, 1.82) is 0 Å². The standard InChI is InChI=1S/C53H44F3N3/c1-32-29-35(53(54,55)56)23-26-36(32)39-17-13-21-47(58-43-19-11-9-15-37(43)40-30-33(51(2,3)4)24-27-45(40)58)49(39)50-42(57-8)18-14-22-48(50)59-44-20-12-10-16-38(44)41-31-34(52(5,6)7)25-28-46(41)59/h9-31H,1-7H3. The summed E-state index contributed by atoms with van der Waals surface area (Å²) in [4.78, 5) is 4.19. The highest BCUT2D eigenvalue weighted by atomic mass is 19.4. The molecule has 0 N–H and O–H groups in total. The predicted octanol–water partition coefficient (Wildman–Crippen LogP) is 15.7. The third kappa shape index (κ3) is 6.19. The predicted molar refractivity (Wildman–Crippen MR) is 239 cm³/mol. The molecular weight excluding hydrogens is 736 g/mol. The molecule has 7 aromatic carbocycles. The van der Waals surface area contributed by atoms with Crippen molar-refractivity contribution in [1.82, 2.24) is 9.13 Å². The third-order valence-electron chi connectivity index (χ3n) is 11.8. The molecule has 6 heteroatoms. The molecule has 0 aliphatic carbocycles. The van der Waals surface area contributed by atoms with E-state index >= 15 is 0 Å². The van der Waals surface area contributed by atoms with Gasteiger partial charge in [-0.2, -0.15) is 13.2 Å². The second kappa shape index (κ2) is 13.5. The summed E-state index contributed by atoms with van der Waals surface area (Å²) >= 11 is 0. The molecule has 0 unspecified atom stereocenters. The number of rotatable bonds is 4. The van der Waals surface area contributed by atoms with E-state index in [1.165, 1.54) is 17.2 Å². The van der Waals surface area contributed by atoms with Gasteiger partial charge in [0.05, 0.1) is 39.9 Å². The normalized spacial score (nSPS) is 12.6. The molecule has 0 radical (unpaired) electrons. The van der Waals surface area contributed by atoms with Gasteiger partial charge >= 0.3 is 6.18 Å². The fourth-order valence-corrected chi connectivity index (χ4v) is 8.82. The maximum absolute atomic E-state index is 14.1. The summed E-state index contributed by atoms with van der Waals surface area (Å²) in [6.07, 6.45) is -4.49. The Hall–Kier alpha value is -6.58. The molecule has 9 aromatic rings. The Morgan fingerprint density at radius 2 is 0.932 bits per heavy atom. The van der Waals surface area contributed by atoms with Crippen molar-refractivity contribution in [3.8, 4) is 33.6 Å². The van der Waals surface area contributed by atoms with Crippen molar-refractivity contribution >= 4 is 49.3 Å². The highest BCUT2D eigenvalue weighted by Gasteiger charge is 2.32. The van der Waals surface area contributed by atoms with E-state index in [4.69, 9.17) is 6.57 Å². The highest BCUT2D eigenvalue weighted by Crippen LogP contribution is 2.49. The van der Waals surface area contributed by atoms with Crippen molar-refractivity contribution in [2.75, 3.05) is 0 Å². The van der Waals surface area contributed by atoms with Crippen LogP contribution < -0.4 is 0 Å². The van der Waals surface area contributed by atoms with Crippen molar-refractivity contribution in [3.05, 3.63) is 173 Å². The van der Waals surface area contributed by atoms with Gasteiger partial charge in [0.15, 0.2) is 5.69 Å². The van der Waals surface area contributed by atoms with Crippen LogP contribution in [0.3, 0.4) is 0 Å². The molecule has 0 atom stereocenters. The minimum absolute atomic E-state index is 0.0735. The van der Waals surface area contributed by atoms with Gasteiger partial charge in [0, 0.05) is 38.4 Å². The lowest BCUT2D eigenvalue weighted by Gasteiger charge is -2.24. The monoisotopic (exact) mass is 779 g/mol. The zero-order valence-corrected chi connectivity index (χ0v) is 34.3. The molecule has 59 heavy (non-hydrogen) atoms. The molecular formula is C53H44F3N3. The second-order valence-electron chi connectivity index (χ2n) is 17.7. The lowest BCUT2D eigenvalue weighted by Crippen LogP contribution is -2.10. The number of benzene rings is 7. The first-order valence-corrected chi connectivity index (χ1v) is 20.0. The zero-order chi connectivity index (χ0) is 41.6. The first kappa shape index (κ1) is 38.0. The minimum atomic E-state index is -4.49. The number of para-hydroxylation sites is 2. The second-order valence-corrected chi connectivity index (χ2v) is 17.7. The van der Waals surface area contributed by atoms with E-state index in [9.17, 15) is 13.2 Å². The van der Waals surface area contributed by atoms with E-state index in [-0.39, 0.29) is 10.8 Å². The molecule has 0 bridgehead atoms. The number of aromatic nitrogens is 2. The molecule has 0 saturated carbocycles. The maximum atomic E-state index is 14.1. The van der Waals surface area contributed by atoms with E-state index in [0.717, 1.165) is 72.2 Å². The highest BCUT2D eigenvalue weighted by molar-refractivity contribution is 6.13. The van der Waals surface area contributed by atoms with Gasteiger partial charge in [-0.3, -0.25) is 0 Å². The topological polar surface area (TPSA) is 14.2 Å². The summed E-state index contributed by atoms with van der Waals surface area (Å²) in [7, 11) is 0. The molecule has 0 aliphatic heterocycles. The van der Waals surface area contributed by atoms with Gasteiger partial charge in [0.2, 0.25) is 0 Å². The van der Waals surface area contributed by atoms with Gasteiger partial charge in [-0.05, 0) is 106 Å². The lowest BCUT2D eigenvalue weighted by molar-refractivity contribution is -0.137. The molecule has 0 amide bonds. The average molecular weight is 780 g/mol. The Bertz CT molecular complexity index is 3190. The van der Waals surface area contributed by atoms with Crippen LogP contribution in [0.5, 0.6) is 0 Å². The van der Waals surface area contributed by atoms with Crippen LogP contribution >= 0.6 is 0 Å². The average Bonchev–Trinajstić information content (AvgIpc) is 3.71. The van der Waals surface area contributed by atoms with Crippen molar-refractivity contribution in [2.24, 2.45) is 0 Å². The molecule has 2 aromatic heterocycles. The first-order valence-electron chi connectivity index (χ1n) is 20.0. The lowest BCUT2D eigenvalue weighted by atomic mass is 9.86. The Morgan fingerprint density at radius 1 is 0.458 bits per heavy atom. The number of halogens is 3. The molecule has 0 saturated heterocycles. The van der Waals surface area contributed by atoms with Gasteiger partial charge in [-0.1, -0.05) is 120 Å². The molecule has 0 spiro atoms. The van der Waals surface area contributed by atoms with E-state index in [0.29, 0.717) is 22.4 Å². The number of fused-ring (bicyclic) bond motifs is 6. The third-order valence-corrected chi connectivity index (χ3v) is 11.8. The van der Waals surface area contributed by atoms with Crippen molar-refractivity contribution in [3.63, 3.8) is 0 Å². The van der Waals surface area contributed by atoms with E-state index in [1.807, 2.05) is 36.4 Å². The van der Waals surface area contributed by atoms with E-state index < -0.39 is 11.7 Å². The minimum Gasteiger partial charge on any atom is -0.310 e. The summed E-state index contributed by atoms with van der Waals surface area (Å²) in [5, 5.41) is 4.39. The Labute approximate surface area is 342 Å². The maximum Gasteiger partial charge on any atom is 0.416 e. The van der Waals surface area contributed by atoms with Crippen LogP contribution in [0.4, 0.5) is 18.9 Å². The quantitative estimate of drug-likeness (QED) is 0.158. The molecule has 0 aliphatic rings. The van der Waals surface area contributed by atoms with E-state index in [2.05, 4.69) is 140 Å². The van der Waals surface area contributed by atoms with Crippen LogP contribution in [-0.4, -0.2) is 9.13 Å². The summed E-state index contributed by atoms with van der Waals surface area (Å²) < 4.78 is 46.8. The Morgan fingerprint density at radius 3 is 1.42 bits per heavy atom. The van der Waals surface area contributed by atoms with Crippen LogP contribution in [0.15, 0.2) is 140 Å². The van der Waals surface area contributed by atoms with Crippen LogP contribution in [0.1, 0.15) is 63.8 Å². The largest absolute Gasteiger partial charge is 0.416 e. The smallest absolute Gasteiger partial charge is 0.310 e. The Kier molecular flexibility index (Phi) is 8.68. The SMILES string of the molecule is [C-]#[N+]c1cccc(-n2c3ccccc3c3cc(C(C)(C)C)ccc32)c1-c1c(-c2ccc(C(F)(F)F)cc2C)cccc1-n1c2ccccc2c2cc(C(C)(C)C)ccc21. The van der Waals surface area contributed by atoms with E-state index in [1.54, 1.807) is 13.0 Å². The fourth-order valence-electron chi connectivity index (χ4n) is 8.82. The fraction of sp³-hybridized carbons (Fsp3) is 0.189. The molecule has 3 nitrogen and oxygen atoms in total. The first-order chi connectivity index (χ1) is 28.1. The van der Waals surface area contributed by atoms with Gasteiger partial charge in [-0.15, -0.1) is 0 Å². The molecule has 2 heterocycles. The molecule has 292 valence electrons. The zero-order valence-electron chi connectivity index (χ0n) is 34.3. The van der Waals surface area contributed by atoms with Crippen molar-refractivity contribution < 1.29 is 13.2 Å².